The maximum absolute atomic E-state index is 9.65. The fourth-order valence-corrected chi connectivity index (χ4v) is 1.55. The minimum Gasteiger partial charge on any atom is -0.495 e. The second-order valence-electron chi connectivity index (χ2n) is 4.35. The van der Waals surface area contributed by atoms with Crippen molar-refractivity contribution in [2.45, 2.75) is 19.4 Å². The van der Waals surface area contributed by atoms with Crippen molar-refractivity contribution in [2.24, 2.45) is 0 Å². The summed E-state index contributed by atoms with van der Waals surface area (Å²) in [5.74, 6) is 1.17. The van der Waals surface area contributed by atoms with Gasteiger partial charge in [-0.15, -0.1) is 0 Å². The standard InChI is InChI=1S/C12H18ClNO3/c1-12(2,15)7-14-9-5-8(13)10(16-3)6-11(9)17-4/h5-6,14-15H,7H2,1-4H3. The first-order chi connectivity index (χ1) is 7.87. The third kappa shape index (κ3) is 3.98. The average Bonchev–Trinajstić information content (AvgIpc) is 2.25. The van der Waals surface area contributed by atoms with Gasteiger partial charge < -0.3 is 19.9 Å². The highest BCUT2D eigenvalue weighted by Crippen LogP contribution is 2.35. The van der Waals surface area contributed by atoms with E-state index in [-0.39, 0.29) is 0 Å². The lowest BCUT2D eigenvalue weighted by Gasteiger charge is -2.20. The van der Waals surface area contributed by atoms with Gasteiger partial charge in [0.2, 0.25) is 0 Å². The maximum Gasteiger partial charge on any atom is 0.145 e. The van der Waals surface area contributed by atoms with Gasteiger partial charge in [0.15, 0.2) is 0 Å². The molecule has 0 bridgehead atoms. The molecule has 4 nitrogen and oxygen atoms in total. The lowest BCUT2D eigenvalue weighted by molar-refractivity contribution is 0.0945. The lowest BCUT2D eigenvalue weighted by Crippen LogP contribution is -2.29. The van der Waals surface area contributed by atoms with E-state index in [2.05, 4.69) is 5.32 Å². The zero-order valence-corrected chi connectivity index (χ0v) is 11.3. The molecule has 0 aliphatic heterocycles. The predicted molar refractivity (Wildman–Crippen MR) is 69.3 cm³/mol. The fraction of sp³-hybridized carbons (Fsp3) is 0.500. The van der Waals surface area contributed by atoms with Gasteiger partial charge in [-0.25, -0.2) is 0 Å². The highest BCUT2D eigenvalue weighted by molar-refractivity contribution is 6.32. The van der Waals surface area contributed by atoms with Crippen molar-refractivity contribution < 1.29 is 14.6 Å². The molecule has 0 amide bonds. The van der Waals surface area contributed by atoms with Gasteiger partial charge in [0.25, 0.3) is 0 Å². The number of ether oxygens (including phenoxy) is 2. The van der Waals surface area contributed by atoms with Crippen LogP contribution in [0.4, 0.5) is 5.69 Å². The normalized spacial score (nSPS) is 11.2. The molecule has 0 spiro atoms. The summed E-state index contributed by atoms with van der Waals surface area (Å²) in [5, 5.41) is 13.2. The van der Waals surface area contributed by atoms with Gasteiger partial charge in [-0.3, -0.25) is 0 Å². The molecule has 1 rings (SSSR count). The first-order valence-corrected chi connectivity index (χ1v) is 5.63. The van der Waals surface area contributed by atoms with E-state index < -0.39 is 5.60 Å². The molecule has 0 heterocycles. The van der Waals surface area contributed by atoms with Crippen molar-refractivity contribution in [3.8, 4) is 11.5 Å². The minimum atomic E-state index is -0.808. The summed E-state index contributed by atoms with van der Waals surface area (Å²) in [7, 11) is 3.11. The number of aliphatic hydroxyl groups is 1. The molecule has 0 aliphatic rings. The van der Waals surface area contributed by atoms with Crippen LogP contribution in [0.25, 0.3) is 0 Å². The molecule has 0 atom stereocenters. The summed E-state index contributed by atoms with van der Waals surface area (Å²) in [5.41, 5.74) is -0.0855. The quantitative estimate of drug-likeness (QED) is 0.853. The van der Waals surface area contributed by atoms with Crippen LogP contribution in [0.5, 0.6) is 11.5 Å². The SMILES string of the molecule is COc1cc(OC)c(NCC(C)(C)O)cc1Cl. The molecule has 0 saturated heterocycles. The van der Waals surface area contributed by atoms with Crippen LogP contribution in [0.2, 0.25) is 5.02 Å². The topological polar surface area (TPSA) is 50.7 Å². The molecule has 0 aliphatic carbocycles. The number of rotatable bonds is 5. The molecule has 0 aromatic heterocycles. The van der Waals surface area contributed by atoms with Gasteiger partial charge in [-0.05, 0) is 19.9 Å². The summed E-state index contributed by atoms with van der Waals surface area (Å²) in [6.45, 7) is 3.83. The van der Waals surface area contributed by atoms with E-state index in [0.29, 0.717) is 23.1 Å². The number of hydrogen-bond acceptors (Lipinski definition) is 4. The van der Waals surface area contributed by atoms with Crippen molar-refractivity contribution >= 4 is 17.3 Å². The van der Waals surface area contributed by atoms with Crippen LogP contribution in [0, 0.1) is 0 Å². The summed E-state index contributed by atoms with van der Waals surface area (Å²) in [6.07, 6.45) is 0. The smallest absolute Gasteiger partial charge is 0.145 e. The first kappa shape index (κ1) is 13.9. The van der Waals surface area contributed by atoms with Crippen molar-refractivity contribution in [3.05, 3.63) is 17.2 Å². The summed E-state index contributed by atoms with van der Waals surface area (Å²) in [4.78, 5) is 0. The van der Waals surface area contributed by atoms with Crippen LogP contribution in [0.1, 0.15) is 13.8 Å². The molecule has 0 fully saturated rings. The second kappa shape index (κ2) is 5.47. The summed E-state index contributed by atoms with van der Waals surface area (Å²) >= 11 is 6.03. The Morgan fingerprint density at radius 3 is 2.29 bits per heavy atom. The van der Waals surface area contributed by atoms with E-state index in [0.717, 1.165) is 5.69 Å². The number of hydrogen-bond donors (Lipinski definition) is 2. The zero-order chi connectivity index (χ0) is 13.1. The Morgan fingerprint density at radius 2 is 1.82 bits per heavy atom. The number of anilines is 1. The van der Waals surface area contributed by atoms with Crippen LogP contribution >= 0.6 is 11.6 Å². The molecular weight excluding hydrogens is 242 g/mol. The van der Waals surface area contributed by atoms with Crippen molar-refractivity contribution in [1.29, 1.82) is 0 Å². The van der Waals surface area contributed by atoms with Gasteiger partial charge >= 0.3 is 0 Å². The van der Waals surface area contributed by atoms with E-state index in [1.165, 1.54) is 0 Å². The Morgan fingerprint density at radius 1 is 1.24 bits per heavy atom. The molecule has 96 valence electrons. The minimum absolute atomic E-state index is 0.395. The third-order valence-electron chi connectivity index (χ3n) is 2.19. The molecule has 1 aromatic rings. The molecule has 1 aromatic carbocycles. The Balaban J connectivity index is 2.95. The number of nitrogens with one attached hydrogen (secondary N) is 1. The summed E-state index contributed by atoms with van der Waals surface area (Å²) in [6, 6.07) is 3.42. The summed E-state index contributed by atoms with van der Waals surface area (Å²) < 4.78 is 10.3. The van der Waals surface area contributed by atoms with E-state index >= 15 is 0 Å². The van der Waals surface area contributed by atoms with Crippen LogP contribution in [0.3, 0.4) is 0 Å². The van der Waals surface area contributed by atoms with Gasteiger partial charge in [0.1, 0.15) is 11.5 Å². The lowest BCUT2D eigenvalue weighted by atomic mass is 10.1. The van der Waals surface area contributed by atoms with E-state index in [1.807, 2.05) is 0 Å². The molecule has 0 radical (unpaired) electrons. The van der Waals surface area contributed by atoms with Crippen molar-refractivity contribution in [2.75, 3.05) is 26.1 Å². The number of methoxy groups -OCH3 is 2. The highest BCUT2D eigenvalue weighted by Gasteiger charge is 2.15. The second-order valence-corrected chi connectivity index (χ2v) is 4.76. The average molecular weight is 260 g/mol. The molecule has 2 N–H and O–H groups in total. The van der Waals surface area contributed by atoms with Crippen LogP contribution in [0.15, 0.2) is 12.1 Å². The van der Waals surface area contributed by atoms with Crippen LogP contribution < -0.4 is 14.8 Å². The molecule has 0 unspecified atom stereocenters. The zero-order valence-electron chi connectivity index (χ0n) is 10.5. The van der Waals surface area contributed by atoms with Crippen LogP contribution in [-0.2, 0) is 0 Å². The maximum atomic E-state index is 9.65. The predicted octanol–water partition coefficient (Wildman–Crippen LogP) is 2.54. The monoisotopic (exact) mass is 259 g/mol. The molecule has 5 heteroatoms. The first-order valence-electron chi connectivity index (χ1n) is 5.25. The number of benzene rings is 1. The van der Waals surface area contributed by atoms with Crippen molar-refractivity contribution in [1.82, 2.24) is 0 Å². The van der Waals surface area contributed by atoms with Gasteiger partial charge in [-0.1, -0.05) is 11.6 Å². The molecule has 17 heavy (non-hydrogen) atoms. The fourth-order valence-electron chi connectivity index (χ4n) is 1.31. The Kier molecular flexibility index (Phi) is 4.48. The van der Waals surface area contributed by atoms with Crippen LogP contribution in [-0.4, -0.2) is 31.5 Å². The molecule has 0 saturated carbocycles. The van der Waals surface area contributed by atoms with Crippen molar-refractivity contribution in [3.63, 3.8) is 0 Å². The largest absolute Gasteiger partial charge is 0.495 e. The van der Waals surface area contributed by atoms with Gasteiger partial charge in [0.05, 0.1) is 30.5 Å². The van der Waals surface area contributed by atoms with Gasteiger partial charge in [-0.2, -0.15) is 0 Å². The number of halogens is 1. The van der Waals surface area contributed by atoms with E-state index in [9.17, 15) is 5.11 Å². The van der Waals surface area contributed by atoms with E-state index in [1.54, 1.807) is 40.2 Å². The Bertz CT molecular complexity index is 388. The Hall–Kier alpha value is -1.13. The molecular formula is C12H18ClNO3. The third-order valence-corrected chi connectivity index (χ3v) is 2.48. The van der Waals surface area contributed by atoms with E-state index in [4.69, 9.17) is 21.1 Å². The Labute approximate surface area is 106 Å². The highest BCUT2D eigenvalue weighted by atomic mass is 35.5. The van der Waals surface area contributed by atoms with Gasteiger partial charge in [0, 0.05) is 12.6 Å².